The van der Waals surface area contributed by atoms with E-state index in [0.29, 0.717) is 10.7 Å². The first-order valence-electron chi connectivity index (χ1n) is 4.36. The van der Waals surface area contributed by atoms with Crippen LogP contribution < -0.4 is 4.90 Å². The van der Waals surface area contributed by atoms with Crippen molar-refractivity contribution in [2.24, 2.45) is 0 Å². The molecule has 1 amide bonds. The fourth-order valence-corrected chi connectivity index (χ4v) is 1.46. The van der Waals surface area contributed by atoms with Crippen molar-refractivity contribution in [1.82, 2.24) is 0 Å². The second-order valence-electron chi connectivity index (χ2n) is 3.10. The smallest absolute Gasteiger partial charge is 0.323 e. The first-order valence-corrected chi connectivity index (χ1v) is 5.12. The average Bonchev–Trinajstić information content (AvgIpc) is 2.18. The van der Waals surface area contributed by atoms with Gasteiger partial charge in [-0.3, -0.25) is 9.59 Å². The second-order valence-corrected chi connectivity index (χ2v) is 3.91. The van der Waals surface area contributed by atoms with Crippen LogP contribution >= 0.6 is 23.2 Å². The second kappa shape index (κ2) is 5.18. The third-order valence-corrected chi connectivity index (χ3v) is 2.63. The van der Waals surface area contributed by atoms with Gasteiger partial charge in [-0.05, 0) is 18.2 Å². The van der Waals surface area contributed by atoms with Crippen LogP contribution in [0.2, 0.25) is 10.0 Å². The van der Waals surface area contributed by atoms with Crippen LogP contribution in [0.4, 0.5) is 5.69 Å². The molecule has 1 aromatic carbocycles. The number of carboxylic acids is 1. The molecule has 0 spiro atoms. The van der Waals surface area contributed by atoms with E-state index in [1.807, 2.05) is 0 Å². The largest absolute Gasteiger partial charge is 0.480 e. The molecule has 1 aromatic rings. The molecule has 0 atom stereocenters. The average molecular weight is 262 g/mol. The van der Waals surface area contributed by atoms with Crippen LogP contribution in [0.1, 0.15) is 6.92 Å². The van der Waals surface area contributed by atoms with Crippen molar-refractivity contribution in [2.75, 3.05) is 11.4 Å². The Morgan fingerprint density at radius 2 is 1.94 bits per heavy atom. The topological polar surface area (TPSA) is 57.6 Å². The maximum Gasteiger partial charge on any atom is 0.323 e. The van der Waals surface area contributed by atoms with Gasteiger partial charge in [-0.1, -0.05) is 23.2 Å². The molecule has 0 aromatic heterocycles. The fraction of sp³-hybridized carbons (Fsp3) is 0.200. The molecule has 0 unspecified atom stereocenters. The van der Waals surface area contributed by atoms with E-state index in [2.05, 4.69) is 0 Å². The van der Waals surface area contributed by atoms with Gasteiger partial charge in [0.2, 0.25) is 5.91 Å². The van der Waals surface area contributed by atoms with E-state index in [1.54, 1.807) is 6.07 Å². The first-order chi connectivity index (χ1) is 7.41. The lowest BCUT2D eigenvalue weighted by molar-refractivity contribution is -0.136. The Hall–Kier alpha value is -1.26. The number of hydrogen-bond acceptors (Lipinski definition) is 2. The third-order valence-electron chi connectivity index (χ3n) is 1.89. The van der Waals surface area contributed by atoms with E-state index in [0.717, 1.165) is 4.90 Å². The number of benzene rings is 1. The molecular formula is C10H9Cl2NO3. The lowest BCUT2D eigenvalue weighted by Gasteiger charge is -2.19. The summed E-state index contributed by atoms with van der Waals surface area (Å²) >= 11 is 11.5. The standard InChI is InChI=1S/C10H9Cl2NO3/c1-6(14)13(5-10(15)16)7-2-3-8(11)9(12)4-7/h2-4H,5H2,1H3,(H,15,16). The van der Waals surface area contributed by atoms with Gasteiger partial charge < -0.3 is 10.0 Å². The molecule has 16 heavy (non-hydrogen) atoms. The minimum atomic E-state index is -1.10. The third kappa shape index (κ3) is 3.12. The number of carbonyl (C=O) groups excluding carboxylic acids is 1. The van der Waals surface area contributed by atoms with Crippen LogP contribution in [0.5, 0.6) is 0 Å². The lowest BCUT2D eigenvalue weighted by Crippen LogP contribution is -2.33. The SMILES string of the molecule is CC(=O)N(CC(=O)O)c1ccc(Cl)c(Cl)c1. The number of hydrogen-bond donors (Lipinski definition) is 1. The van der Waals surface area contributed by atoms with E-state index in [9.17, 15) is 9.59 Å². The summed E-state index contributed by atoms with van der Waals surface area (Å²) in [6.45, 7) is 0.874. The van der Waals surface area contributed by atoms with Gasteiger partial charge in [0, 0.05) is 12.6 Å². The summed E-state index contributed by atoms with van der Waals surface area (Å²) in [6, 6.07) is 4.50. The van der Waals surface area contributed by atoms with Gasteiger partial charge in [0.1, 0.15) is 6.54 Å². The maximum absolute atomic E-state index is 11.3. The Bertz CT molecular complexity index is 434. The van der Waals surface area contributed by atoms with Gasteiger partial charge in [-0.25, -0.2) is 0 Å². The highest BCUT2D eigenvalue weighted by Gasteiger charge is 2.15. The number of carboxylic acid groups (broad SMARTS) is 1. The molecular weight excluding hydrogens is 253 g/mol. The van der Waals surface area contributed by atoms with E-state index in [4.69, 9.17) is 28.3 Å². The normalized spacial score (nSPS) is 9.94. The molecule has 0 saturated carbocycles. The number of rotatable bonds is 3. The van der Waals surface area contributed by atoms with E-state index >= 15 is 0 Å². The molecule has 1 rings (SSSR count). The zero-order valence-corrected chi connectivity index (χ0v) is 9.92. The van der Waals surface area contributed by atoms with Gasteiger partial charge in [0.05, 0.1) is 10.0 Å². The number of amides is 1. The van der Waals surface area contributed by atoms with Crippen molar-refractivity contribution in [3.05, 3.63) is 28.2 Å². The van der Waals surface area contributed by atoms with E-state index in [1.165, 1.54) is 19.1 Å². The number of anilines is 1. The van der Waals surface area contributed by atoms with Gasteiger partial charge in [0.15, 0.2) is 0 Å². The summed E-state index contributed by atoms with van der Waals surface area (Å²) in [5.74, 6) is -1.47. The van der Waals surface area contributed by atoms with Crippen molar-refractivity contribution in [2.45, 2.75) is 6.92 Å². The van der Waals surface area contributed by atoms with Crippen LogP contribution in [0.15, 0.2) is 18.2 Å². The Morgan fingerprint density at radius 1 is 1.31 bits per heavy atom. The van der Waals surface area contributed by atoms with E-state index in [-0.39, 0.29) is 10.9 Å². The van der Waals surface area contributed by atoms with Crippen LogP contribution in [0.25, 0.3) is 0 Å². The Labute approximate surface area is 102 Å². The maximum atomic E-state index is 11.3. The first kappa shape index (κ1) is 12.8. The van der Waals surface area contributed by atoms with Crippen LogP contribution in [-0.2, 0) is 9.59 Å². The monoisotopic (exact) mass is 261 g/mol. The van der Waals surface area contributed by atoms with Gasteiger partial charge in [-0.15, -0.1) is 0 Å². The van der Waals surface area contributed by atoms with Gasteiger partial charge in [-0.2, -0.15) is 0 Å². The van der Waals surface area contributed by atoms with Crippen molar-refractivity contribution in [1.29, 1.82) is 0 Å². The summed E-state index contributed by atoms with van der Waals surface area (Å²) in [6.07, 6.45) is 0. The minimum absolute atomic E-state index is 0.274. The summed E-state index contributed by atoms with van der Waals surface area (Å²) < 4.78 is 0. The van der Waals surface area contributed by atoms with Gasteiger partial charge >= 0.3 is 5.97 Å². The Morgan fingerprint density at radius 3 is 2.38 bits per heavy atom. The summed E-state index contributed by atoms with van der Waals surface area (Å²) in [5, 5.41) is 9.29. The molecule has 86 valence electrons. The number of carbonyl (C=O) groups is 2. The molecule has 0 aliphatic carbocycles. The van der Waals surface area contributed by atoms with Crippen molar-refractivity contribution >= 4 is 40.8 Å². The molecule has 0 saturated heterocycles. The quantitative estimate of drug-likeness (QED) is 0.910. The van der Waals surface area contributed by atoms with Crippen LogP contribution in [0, 0.1) is 0 Å². The molecule has 0 bridgehead atoms. The number of nitrogens with zero attached hydrogens (tertiary/aromatic N) is 1. The highest BCUT2D eigenvalue weighted by molar-refractivity contribution is 6.42. The molecule has 1 N–H and O–H groups in total. The highest BCUT2D eigenvalue weighted by Crippen LogP contribution is 2.27. The summed E-state index contributed by atoms with van der Waals surface area (Å²) in [7, 11) is 0. The predicted octanol–water partition coefficient (Wildman–Crippen LogP) is 2.43. The molecule has 0 aliphatic heterocycles. The highest BCUT2D eigenvalue weighted by atomic mass is 35.5. The predicted molar refractivity (Wildman–Crippen MR) is 62.1 cm³/mol. The van der Waals surface area contributed by atoms with Crippen molar-refractivity contribution in [3.8, 4) is 0 Å². The van der Waals surface area contributed by atoms with Crippen molar-refractivity contribution < 1.29 is 14.7 Å². The Balaban J connectivity index is 3.06. The zero-order valence-electron chi connectivity index (χ0n) is 8.41. The molecule has 0 fully saturated rings. The molecule has 0 aliphatic rings. The molecule has 4 nitrogen and oxygen atoms in total. The zero-order chi connectivity index (χ0) is 12.3. The summed E-state index contributed by atoms with van der Waals surface area (Å²) in [4.78, 5) is 23.0. The number of halogens is 2. The fourth-order valence-electron chi connectivity index (χ4n) is 1.17. The van der Waals surface area contributed by atoms with Crippen LogP contribution in [0.3, 0.4) is 0 Å². The van der Waals surface area contributed by atoms with Gasteiger partial charge in [0.25, 0.3) is 0 Å². The molecule has 0 radical (unpaired) electrons. The summed E-state index contributed by atoms with van der Waals surface area (Å²) in [5.41, 5.74) is 0.407. The number of aliphatic carboxylic acids is 1. The molecule has 6 heteroatoms. The van der Waals surface area contributed by atoms with Crippen molar-refractivity contribution in [3.63, 3.8) is 0 Å². The lowest BCUT2D eigenvalue weighted by atomic mass is 10.3. The molecule has 0 heterocycles. The van der Waals surface area contributed by atoms with Crippen LogP contribution in [-0.4, -0.2) is 23.5 Å². The van der Waals surface area contributed by atoms with E-state index < -0.39 is 12.5 Å². The Kier molecular flexibility index (Phi) is 4.15. The minimum Gasteiger partial charge on any atom is -0.480 e.